The standard InChI is InChI=1S/C20H31N3O2/c1-4-6-14(2)23-12-16-7-5-8-17(13-23)20(16,25-3)15-9-10-22-18(11-15)19(21)24/h9-11,14,16-17H,4-8,12-13H2,1-3H3,(H2,21,24)/t14-,16-,17+,20?/m0/s1. The van der Waals surface area contributed by atoms with Gasteiger partial charge in [0, 0.05) is 44.3 Å². The van der Waals surface area contributed by atoms with E-state index in [1.54, 1.807) is 6.20 Å². The molecule has 1 unspecified atom stereocenters. The number of nitrogens with zero attached hydrogens (tertiary/aromatic N) is 2. The molecular weight excluding hydrogens is 314 g/mol. The fourth-order valence-corrected chi connectivity index (χ4v) is 5.16. The van der Waals surface area contributed by atoms with E-state index in [-0.39, 0.29) is 5.60 Å². The molecule has 2 N–H and O–H groups in total. The largest absolute Gasteiger partial charge is 0.373 e. The maximum Gasteiger partial charge on any atom is 0.267 e. The number of rotatable bonds is 6. The molecule has 4 atom stereocenters. The Morgan fingerprint density at radius 3 is 2.68 bits per heavy atom. The number of pyridine rings is 1. The van der Waals surface area contributed by atoms with E-state index >= 15 is 0 Å². The van der Waals surface area contributed by atoms with E-state index in [1.165, 1.54) is 19.3 Å². The summed E-state index contributed by atoms with van der Waals surface area (Å²) in [6.45, 7) is 6.71. The third kappa shape index (κ3) is 3.20. The molecule has 1 aliphatic carbocycles. The van der Waals surface area contributed by atoms with Crippen LogP contribution in [0.3, 0.4) is 0 Å². The van der Waals surface area contributed by atoms with E-state index in [4.69, 9.17) is 10.5 Å². The smallest absolute Gasteiger partial charge is 0.267 e. The fourth-order valence-electron chi connectivity index (χ4n) is 5.16. The van der Waals surface area contributed by atoms with Crippen LogP contribution in [-0.2, 0) is 10.3 Å². The summed E-state index contributed by atoms with van der Waals surface area (Å²) in [4.78, 5) is 18.4. The monoisotopic (exact) mass is 345 g/mol. The minimum absolute atomic E-state index is 0.326. The number of methoxy groups -OCH3 is 1. The molecule has 1 aromatic heterocycles. The highest BCUT2D eigenvalue weighted by atomic mass is 16.5. The number of likely N-dealkylation sites (tertiary alicyclic amines) is 1. The van der Waals surface area contributed by atoms with Gasteiger partial charge >= 0.3 is 0 Å². The predicted molar refractivity (Wildman–Crippen MR) is 98.2 cm³/mol. The number of hydrogen-bond donors (Lipinski definition) is 1. The average molecular weight is 345 g/mol. The molecule has 1 amide bonds. The SMILES string of the molecule is CCC[C@H](C)N1C[C@H]2CCC[C@@H](C1)C2(OC)c1ccnc(C(N)=O)c1. The van der Waals surface area contributed by atoms with E-state index in [1.807, 2.05) is 19.2 Å². The Morgan fingerprint density at radius 1 is 1.44 bits per heavy atom. The number of fused-ring (bicyclic) bond motifs is 2. The molecule has 0 spiro atoms. The zero-order valence-electron chi connectivity index (χ0n) is 15.7. The second-order valence-corrected chi connectivity index (χ2v) is 7.71. The quantitative estimate of drug-likeness (QED) is 0.861. The van der Waals surface area contributed by atoms with Gasteiger partial charge < -0.3 is 10.5 Å². The third-order valence-electron chi connectivity index (χ3n) is 6.36. The Labute approximate surface area is 150 Å². The summed E-state index contributed by atoms with van der Waals surface area (Å²) in [6, 6.07) is 4.47. The number of nitrogens with two attached hydrogens (primary N) is 1. The third-order valence-corrected chi connectivity index (χ3v) is 6.36. The number of aromatic nitrogens is 1. The van der Waals surface area contributed by atoms with Crippen molar-refractivity contribution < 1.29 is 9.53 Å². The maximum absolute atomic E-state index is 11.6. The second-order valence-electron chi connectivity index (χ2n) is 7.71. The molecule has 0 radical (unpaired) electrons. The molecule has 1 aromatic rings. The zero-order chi connectivity index (χ0) is 18.0. The first-order chi connectivity index (χ1) is 12.0. The van der Waals surface area contributed by atoms with Crippen LogP contribution in [0.2, 0.25) is 0 Å². The number of hydrogen-bond acceptors (Lipinski definition) is 4. The Bertz CT molecular complexity index is 605. The van der Waals surface area contributed by atoms with E-state index in [0.717, 1.165) is 31.5 Å². The van der Waals surface area contributed by atoms with Gasteiger partial charge in [0.15, 0.2) is 0 Å². The molecule has 5 heteroatoms. The van der Waals surface area contributed by atoms with Crippen molar-refractivity contribution in [1.82, 2.24) is 9.88 Å². The number of ether oxygens (including phenoxy) is 1. The van der Waals surface area contributed by atoms with E-state index in [2.05, 4.69) is 23.7 Å². The van der Waals surface area contributed by atoms with E-state index in [9.17, 15) is 4.79 Å². The molecular formula is C20H31N3O2. The fraction of sp³-hybridized carbons (Fsp3) is 0.700. The Kier molecular flexibility index (Phi) is 5.44. The van der Waals surface area contributed by atoms with E-state index in [0.29, 0.717) is 23.6 Å². The minimum atomic E-state index is -0.479. The number of piperidine rings is 1. The molecule has 1 aliphatic heterocycles. The molecule has 138 valence electrons. The van der Waals surface area contributed by atoms with Gasteiger partial charge in [-0.1, -0.05) is 19.8 Å². The zero-order valence-corrected chi connectivity index (χ0v) is 15.7. The van der Waals surface area contributed by atoms with Crippen LogP contribution in [0.4, 0.5) is 0 Å². The van der Waals surface area contributed by atoms with Crippen LogP contribution < -0.4 is 5.73 Å². The molecule has 0 aromatic carbocycles. The van der Waals surface area contributed by atoms with Crippen LogP contribution in [0.1, 0.15) is 62.0 Å². The van der Waals surface area contributed by atoms with Gasteiger partial charge in [0.1, 0.15) is 11.3 Å². The van der Waals surface area contributed by atoms with Gasteiger partial charge in [-0.2, -0.15) is 0 Å². The number of carbonyl (C=O) groups is 1. The molecule has 3 rings (SSSR count). The second kappa shape index (κ2) is 7.42. The molecule has 25 heavy (non-hydrogen) atoms. The predicted octanol–water partition coefficient (Wildman–Crippen LogP) is 2.94. The van der Waals surface area contributed by atoms with Crippen LogP contribution in [0, 0.1) is 11.8 Å². The Morgan fingerprint density at radius 2 is 2.12 bits per heavy atom. The van der Waals surface area contributed by atoms with Crippen LogP contribution in [0.5, 0.6) is 0 Å². The van der Waals surface area contributed by atoms with Crippen molar-refractivity contribution in [2.75, 3.05) is 20.2 Å². The molecule has 2 bridgehead atoms. The lowest BCUT2D eigenvalue weighted by molar-refractivity contribution is -0.173. The summed E-state index contributed by atoms with van der Waals surface area (Å²) in [6.07, 6.45) is 7.72. The Balaban J connectivity index is 1.96. The molecule has 2 aliphatic rings. The van der Waals surface area contributed by atoms with Crippen LogP contribution in [0.15, 0.2) is 18.3 Å². The lowest BCUT2D eigenvalue weighted by atomic mass is 9.62. The topological polar surface area (TPSA) is 68.4 Å². The first-order valence-electron chi connectivity index (χ1n) is 9.58. The highest BCUT2D eigenvalue weighted by Crippen LogP contribution is 2.51. The number of amides is 1. The molecule has 2 fully saturated rings. The minimum Gasteiger partial charge on any atom is -0.373 e. The van der Waals surface area contributed by atoms with Crippen molar-refractivity contribution in [3.63, 3.8) is 0 Å². The van der Waals surface area contributed by atoms with Gasteiger partial charge in [-0.15, -0.1) is 0 Å². The van der Waals surface area contributed by atoms with Gasteiger partial charge in [0.05, 0.1) is 0 Å². The lowest BCUT2D eigenvalue weighted by Gasteiger charge is -2.56. The molecule has 5 nitrogen and oxygen atoms in total. The average Bonchev–Trinajstić information content (AvgIpc) is 2.60. The first-order valence-corrected chi connectivity index (χ1v) is 9.58. The van der Waals surface area contributed by atoms with Crippen molar-refractivity contribution in [2.45, 2.75) is 57.6 Å². The van der Waals surface area contributed by atoms with Crippen LogP contribution in [0.25, 0.3) is 0 Å². The van der Waals surface area contributed by atoms with Crippen molar-refractivity contribution in [1.29, 1.82) is 0 Å². The normalized spacial score (nSPS) is 30.8. The highest BCUT2D eigenvalue weighted by molar-refractivity contribution is 5.90. The van der Waals surface area contributed by atoms with Gasteiger partial charge in [-0.25, -0.2) is 0 Å². The summed E-state index contributed by atoms with van der Waals surface area (Å²) in [5, 5.41) is 0. The van der Waals surface area contributed by atoms with Crippen molar-refractivity contribution in [3.8, 4) is 0 Å². The van der Waals surface area contributed by atoms with Gasteiger partial charge in [0.2, 0.25) is 0 Å². The Hall–Kier alpha value is -1.46. The van der Waals surface area contributed by atoms with Gasteiger partial charge in [-0.05, 0) is 43.9 Å². The van der Waals surface area contributed by atoms with Gasteiger partial charge in [-0.3, -0.25) is 14.7 Å². The lowest BCUT2D eigenvalue weighted by Crippen LogP contribution is -2.60. The summed E-state index contributed by atoms with van der Waals surface area (Å²) in [7, 11) is 1.82. The number of carbonyl (C=O) groups excluding carboxylic acids is 1. The van der Waals surface area contributed by atoms with Crippen LogP contribution >= 0.6 is 0 Å². The summed E-state index contributed by atoms with van der Waals surface area (Å²) in [5.41, 5.74) is 6.53. The molecule has 2 heterocycles. The maximum atomic E-state index is 11.6. The van der Waals surface area contributed by atoms with Crippen molar-refractivity contribution in [2.24, 2.45) is 17.6 Å². The van der Waals surface area contributed by atoms with Crippen LogP contribution in [-0.4, -0.2) is 42.0 Å². The highest BCUT2D eigenvalue weighted by Gasteiger charge is 2.53. The van der Waals surface area contributed by atoms with Crippen molar-refractivity contribution >= 4 is 5.91 Å². The van der Waals surface area contributed by atoms with Crippen molar-refractivity contribution in [3.05, 3.63) is 29.6 Å². The molecule has 1 saturated carbocycles. The summed E-state index contributed by atoms with van der Waals surface area (Å²) in [5.74, 6) is 0.395. The van der Waals surface area contributed by atoms with E-state index < -0.39 is 5.91 Å². The summed E-state index contributed by atoms with van der Waals surface area (Å²) >= 11 is 0. The molecule has 1 saturated heterocycles. The van der Waals surface area contributed by atoms with Gasteiger partial charge in [0.25, 0.3) is 5.91 Å². The number of primary amides is 1. The summed E-state index contributed by atoms with van der Waals surface area (Å²) < 4.78 is 6.25. The first kappa shape index (κ1) is 18.3.